The van der Waals surface area contributed by atoms with Gasteiger partial charge in [-0.05, 0) is 31.2 Å². The van der Waals surface area contributed by atoms with Gasteiger partial charge in [0.2, 0.25) is 5.75 Å². The van der Waals surface area contributed by atoms with Gasteiger partial charge in [-0.15, -0.1) is 0 Å². The standard InChI is InChI=1S/C17H13ClF3NO8S/c1-9(16(23)28-2)31(26,27)30-15-8-11(4-5-12(15)18)29-14-6-3-10(17(19,20)21)7-13(14)22(24)25/h3-9H,1-2H3. The highest BCUT2D eigenvalue weighted by Crippen LogP contribution is 2.39. The Balaban J connectivity index is 2.39. The molecule has 0 saturated carbocycles. The number of nitrogens with zero attached hydrogens (tertiary/aromatic N) is 1. The van der Waals surface area contributed by atoms with Crippen LogP contribution < -0.4 is 8.92 Å². The molecule has 1 atom stereocenters. The summed E-state index contributed by atoms with van der Waals surface area (Å²) >= 11 is 5.88. The van der Waals surface area contributed by atoms with Crippen molar-refractivity contribution in [2.45, 2.75) is 18.3 Å². The fourth-order valence-corrected chi connectivity index (χ4v) is 3.21. The maximum Gasteiger partial charge on any atom is 0.416 e. The van der Waals surface area contributed by atoms with Crippen molar-refractivity contribution in [1.29, 1.82) is 0 Å². The van der Waals surface area contributed by atoms with Crippen LogP contribution in [-0.2, 0) is 25.8 Å². The van der Waals surface area contributed by atoms with Gasteiger partial charge in [-0.2, -0.15) is 21.6 Å². The molecule has 0 aromatic heterocycles. The van der Waals surface area contributed by atoms with Crippen molar-refractivity contribution in [3.8, 4) is 17.2 Å². The number of carbonyl (C=O) groups excluding carboxylic acids is 1. The maximum atomic E-state index is 12.8. The molecule has 0 N–H and O–H groups in total. The second-order valence-electron chi connectivity index (χ2n) is 5.87. The van der Waals surface area contributed by atoms with Crippen molar-refractivity contribution in [3.63, 3.8) is 0 Å². The molecule has 0 aliphatic heterocycles. The van der Waals surface area contributed by atoms with Crippen molar-refractivity contribution in [2.24, 2.45) is 0 Å². The molecule has 0 radical (unpaired) electrons. The third-order valence-electron chi connectivity index (χ3n) is 3.79. The van der Waals surface area contributed by atoms with Crippen LogP contribution in [0.2, 0.25) is 5.02 Å². The van der Waals surface area contributed by atoms with E-state index >= 15 is 0 Å². The summed E-state index contributed by atoms with van der Waals surface area (Å²) in [6.07, 6.45) is -4.81. The number of hydrogen-bond acceptors (Lipinski definition) is 8. The monoisotopic (exact) mass is 483 g/mol. The first-order valence-corrected chi connectivity index (χ1v) is 9.95. The average Bonchev–Trinajstić information content (AvgIpc) is 2.68. The Morgan fingerprint density at radius 2 is 1.81 bits per heavy atom. The van der Waals surface area contributed by atoms with E-state index in [-0.39, 0.29) is 10.8 Å². The molecule has 9 nitrogen and oxygen atoms in total. The summed E-state index contributed by atoms with van der Waals surface area (Å²) in [7, 11) is -3.55. The van der Waals surface area contributed by atoms with E-state index in [9.17, 15) is 36.5 Å². The number of hydrogen-bond donors (Lipinski definition) is 0. The van der Waals surface area contributed by atoms with Gasteiger partial charge in [0.05, 0.1) is 22.6 Å². The molecule has 0 spiro atoms. The number of rotatable bonds is 7. The second-order valence-corrected chi connectivity index (χ2v) is 8.14. The lowest BCUT2D eigenvalue weighted by Crippen LogP contribution is -2.31. The first kappa shape index (κ1) is 24.2. The van der Waals surface area contributed by atoms with Crippen LogP contribution in [0.1, 0.15) is 12.5 Å². The number of ether oxygens (including phenoxy) is 2. The zero-order chi connectivity index (χ0) is 23.6. The summed E-state index contributed by atoms with van der Waals surface area (Å²) < 4.78 is 77.2. The van der Waals surface area contributed by atoms with E-state index in [2.05, 4.69) is 4.74 Å². The molecular formula is C17H13ClF3NO8S. The van der Waals surface area contributed by atoms with Crippen LogP contribution in [0, 0.1) is 10.1 Å². The van der Waals surface area contributed by atoms with Gasteiger partial charge in [0.25, 0.3) is 0 Å². The van der Waals surface area contributed by atoms with Crippen LogP contribution >= 0.6 is 11.6 Å². The van der Waals surface area contributed by atoms with Gasteiger partial charge in [-0.25, -0.2) is 0 Å². The molecule has 0 amide bonds. The molecule has 0 fully saturated rings. The summed E-state index contributed by atoms with van der Waals surface area (Å²) in [5.74, 6) is -2.35. The maximum absolute atomic E-state index is 12.8. The Bertz CT molecular complexity index is 1120. The van der Waals surface area contributed by atoms with Crippen LogP contribution in [0.4, 0.5) is 18.9 Å². The molecule has 0 aliphatic rings. The SMILES string of the molecule is COC(=O)C(C)S(=O)(=O)Oc1cc(Oc2ccc(C(F)(F)F)cc2[N+](=O)[O-])ccc1Cl. The van der Waals surface area contributed by atoms with Gasteiger partial charge in [0.1, 0.15) is 5.75 Å². The van der Waals surface area contributed by atoms with Crippen LogP contribution in [0.5, 0.6) is 17.2 Å². The Morgan fingerprint density at radius 1 is 1.16 bits per heavy atom. The number of esters is 1. The Kier molecular flexibility index (Phi) is 7.01. The smallest absolute Gasteiger partial charge is 0.416 e. The van der Waals surface area contributed by atoms with Crippen molar-refractivity contribution < 1.29 is 45.0 Å². The summed E-state index contributed by atoms with van der Waals surface area (Å²) in [4.78, 5) is 21.5. The predicted molar refractivity (Wildman–Crippen MR) is 101 cm³/mol. The molecule has 168 valence electrons. The third-order valence-corrected chi connectivity index (χ3v) is 5.57. The zero-order valence-electron chi connectivity index (χ0n) is 15.7. The Morgan fingerprint density at radius 3 is 2.35 bits per heavy atom. The van der Waals surface area contributed by atoms with Crippen molar-refractivity contribution in [2.75, 3.05) is 7.11 Å². The normalized spacial score (nSPS) is 12.7. The summed E-state index contributed by atoms with van der Waals surface area (Å²) in [6.45, 7) is 1.01. The molecule has 0 aliphatic carbocycles. The van der Waals surface area contributed by atoms with E-state index in [1.165, 1.54) is 6.07 Å². The van der Waals surface area contributed by atoms with Crippen LogP contribution in [-0.4, -0.2) is 31.7 Å². The van der Waals surface area contributed by atoms with E-state index in [0.29, 0.717) is 12.1 Å². The molecule has 14 heteroatoms. The minimum absolute atomic E-state index is 0.213. The highest BCUT2D eigenvalue weighted by atomic mass is 35.5. The molecule has 2 rings (SSSR count). The lowest BCUT2D eigenvalue weighted by Gasteiger charge is -2.14. The summed E-state index contributed by atoms with van der Waals surface area (Å²) in [5.41, 5.74) is -2.23. The number of nitro benzene ring substituents is 1. The van der Waals surface area contributed by atoms with Gasteiger partial charge >= 0.3 is 28.0 Å². The number of halogens is 4. The van der Waals surface area contributed by atoms with Crippen molar-refractivity contribution >= 4 is 33.4 Å². The zero-order valence-corrected chi connectivity index (χ0v) is 17.2. The number of benzene rings is 2. The van der Waals surface area contributed by atoms with E-state index < -0.39 is 55.2 Å². The lowest BCUT2D eigenvalue weighted by molar-refractivity contribution is -0.385. The van der Waals surface area contributed by atoms with E-state index in [1.54, 1.807) is 0 Å². The topological polar surface area (TPSA) is 122 Å². The third kappa shape index (κ3) is 5.76. The molecule has 0 bridgehead atoms. The second kappa shape index (κ2) is 8.98. The van der Waals surface area contributed by atoms with Gasteiger partial charge in [0.15, 0.2) is 11.0 Å². The predicted octanol–water partition coefficient (Wildman–Crippen LogP) is 4.33. The van der Waals surface area contributed by atoms with Gasteiger partial charge in [-0.3, -0.25) is 14.9 Å². The minimum Gasteiger partial charge on any atom is -0.468 e. The highest BCUT2D eigenvalue weighted by Gasteiger charge is 2.34. The fourth-order valence-electron chi connectivity index (χ4n) is 2.14. The largest absolute Gasteiger partial charge is 0.468 e. The summed E-state index contributed by atoms with van der Waals surface area (Å²) in [5, 5.41) is 9.24. The average molecular weight is 484 g/mol. The number of methoxy groups -OCH3 is 1. The van der Waals surface area contributed by atoms with Crippen molar-refractivity contribution in [1.82, 2.24) is 0 Å². The number of alkyl halides is 3. The van der Waals surface area contributed by atoms with Crippen LogP contribution in [0.3, 0.4) is 0 Å². The van der Waals surface area contributed by atoms with Crippen molar-refractivity contribution in [3.05, 3.63) is 57.1 Å². The van der Waals surface area contributed by atoms with Gasteiger partial charge in [-0.1, -0.05) is 11.6 Å². The van der Waals surface area contributed by atoms with E-state index in [0.717, 1.165) is 32.2 Å². The summed E-state index contributed by atoms with van der Waals surface area (Å²) in [6, 6.07) is 4.86. The van der Waals surface area contributed by atoms with Crippen LogP contribution in [0.25, 0.3) is 0 Å². The van der Waals surface area contributed by atoms with E-state index in [4.69, 9.17) is 20.5 Å². The number of carbonyl (C=O) groups is 1. The Labute approximate surface area is 178 Å². The van der Waals surface area contributed by atoms with Gasteiger partial charge < -0.3 is 13.7 Å². The molecule has 1 unspecified atom stereocenters. The molecule has 0 heterocycles. The quantitative estimate of drug-likeness (QED) is 0.247. The molecule has 2 aromatic carbocycles. The van der Waals surface area contributed by atoms with E-state index in [1.807, 2.05) is 0 Å². The lowest BCUT2D eigenvalue weighted by atomic mass is 10.2. The minimum atomic E-state index is -4.81. The van der Waals surface area contributed by atoms with Gasteiger partial charge in [0, 0.05) is 12.1 Å². The highest BCUT2D eigenvalue weighted by molar-refractivity contribution is 7.88. The molecule has 0 saturated heterocycles. The van der Waals surface area contributed by atoms with Crippen LogP contribution in [0.15, 0.2) is 36.4 Å². The molecule has 2 aromatic rings. The first-order chi connectivity index (χ1) is 14.3. The first-order valence-electron chi connectivity index (χ1n) is 8.10. The molecule has 31 heavy (non-hydrogen) atoms. The Hall–Kier alpha value is -3.06. The fraction of sp³-hybridized carbons (Fsp3) is 0.235. The number of nitro groups is 1. The molecular weight excluding hydrogens is 471 g/mol.